The topological polar surface area (TPSA) is 41.1 Å². The Hall–Kier alpha value is -0.870. The second-order valence-electron chi connectivity index (χ2n) is 6.03. The summed E-state index contributed by atoms with van der Waals surface area (Å²) in [6.45, 7) is 0.787. The number of nitrogens with one attached hydrogen (secondary N) is 2. The summed E-state index contributed by atoms with van der Waals surface area (Å²) in [7, 11) is 0. The lowest BCUT2D eigenvalue weighted by atomic mass is 9.90. The number of hydrogen-bond donors (Lipinski definition) is 2. The van der Waals surface area contributed by atoms with Crippen LogP contribution in [-0.2, 0) is 0 Å². The van der Waals surface area contributed by atoms with Crippen molar-refractivity contribution >= 4 is 21.8 Å². The molecule has 0 aliphatic carbocycles. The van der Waals surface area contributed by atoms with Gasteiger partial charge in [0.25, 0.3) is 5.91 Å². The second kappa shape index (κ2) is 6.27. The molecule has 0 spiro atoms. The number of halogens is 1. The fraction of sp³-hybridized carbons (Fsp3) is 0.562. The summed E-state index contributed by atoms with van der Waals surface area (Å²) in [5, 5.41) is 6.70. The van der Waals surface area contributed by atoms with Gasteiger partial charge in [-0.2, -0.15) is 0 Å². The predicted octanol–water partition coefficient (Wildman–Crippen LogP) is 3.10. The van der Waals surface area contributed by atoms with E-state index in [0.29, 0.717) is 0 Å². The molecule has 2 aliphatic rings. The van der Waals surface area contributed by atoms with Crippen LogP contribution in [0, 0.1) is 5.92 Å². The molecule has 2 unspecified atom stereocenters. The fourth-order valence-corrected chi connectivity index (χ4v) is 3.93. The summed E-state index contributed by atoms with van der Waals surface area (Å²) < 4.78 is 0.945. The van der Waals surface area contributed by atoms with Gasteiger partial charge in [0.1, 0.15) is 0 Å². The van der Waals surface area contributed by atoms with Gasteiger partial charge in [-0.05, 0) is 56.2 Å². The van der Waals surface area contributed by atoms with Gasteiger partial charge in [-0.25, -0.2) is 0 Å². The van der Waals surface area contributed by atoms with E-state index in [-0.39, 0.29) is 5.91 Å². The molecule has 2 heterocycles. The Morgan fingerprint density at radius 3 is 2.75 bits per heavy atom. The van der Waals surface area contributed by atoms with E-state index in [2.05, 4.69) is 26.6 Å². The monoisotopic (exact) mass is 336 g/mol. The summed E-state index contributed by atoms with van der Waals surface area (Å²) >= 11 is 3.39. The molecular weight excluding hydrogens is 316 g/mol. The smallest absolute Gasteiger partial charge is 0.251 e. The molecule has 0 radical (unpaired) electrons. The fourth-order valence-electron chi connectivity index (χ4n) is 3.53. The highest BCUT2D eigenvalue weighted by atomic mass is 79.9. The van der Waals surface area contributed by atoms with Crippen LogP contribution in [0.2, 0.25) is 0 Å². The number of carbonyl (C=O) groups excluding carboxylic acids is 1. The molecule has 4 heteroatoms. The van der Waals surface area contributed by atoms with Crippen molar-refractivity contribution < 1.29 is 4.79 Å². The molecule has 1 aromatic carbocycles. The van der Waals surface area contributed by atoms with Gasteiger partial charge in [0.2, 0.25) is 0 Å². The third kappa shape index (κ3) is 3.41. The molecule has 108 valence electrons. The van der Waals surface area contributed by atoms with Crippen molar-refractivity contribution in [2.24, 2.45) is 5.92 Å². The molecular formula is C16H21BrN2O. The van der Waals surface area contributed by atoms with Crippen LogP contribution in [0.15, 0.2) is 28.7 Å². The summed E-state index contributed by atoms with van der Waals surface area (Å²) in [6.07, 6.45) is 6.35. The molecule has 1 amide bonds. The van der Waals surface area contributed by atoms with Crippen LogP contribution in [0.25, 0.3) is 0 Å². The Balaban J connectivity index is 1.44. The lowest BCUT2D eigenvalue weighted by molar-refractivity contribution is 0.0950. The maximum Gasteiger partial charge on any atom is 0.251 e. The van der Waals surface area contributed by atoms with Crippen LogP contribution in [0.3, 0.4) is 0 Å². The Kier molecular flexibility index (Phi) is 4.41. The van der Waals surface area contributed by atoms with Crippen molar-refractivity contribution in [2.75, 3.05) is 6.54 Å². The van der Waals surface area contributed by atoms with Crippen molar-refractivity contribution in [3.05, 3.63) is 34.3 Å². The number of rotatable bonds is 4. The first-order chi connectivity index (χ1) is 9.70. The highest BCUT2D eigenvalue weighted by Crippen LogP contribution is 2.32. The van der Waals surface area contributed by atoms with E-state index in [1.54, 1.807) is 0 Å². The number of fused-ring (bicyclic) bond motifs is 2. The lowest BCUT2D eigenvalue weighted by Crippen LogP contribution is -2.39. The maximum absolute atomic E-state index is 12.0. The van der Waals surface area contributed by atoms with Crippen molar-refractivity contribution in [1.82, 2.24) is 10.6 Å². The molecule has 0 saturated carbocycles. The van der Waals surface area contributed by atoms with E-state index in [1.165, 1.54) is 25.7 Å². The molecule has 2 fully saturated rings. The molecule has 20 heavy (non-hydrogen) atoms. The van der Waals surface area contributed by atoms with Gasteiger partial charge in [-0.15, -0.1) is 0 Å². The molecule has 2 N–H and O–H groups in total. The first kappa shape index (κ1) is 14.1. The summed E-state index contributed by atoms with van der Waals surface area (Å²) in [5.41, 5.74) is 0.727. The van der Waals surface area contributed by atoms with Gasteiger partial charge >= 0.3 is 0 Å². The third-order valence-electron chi connectivity index (χ3n) is 4.50. The Bertz CT molecular complexity index is 479. The number of benzene rings is 1. The minimum Gasteiger partial charge on any atom is -0.352 e. The van der Waals surface area contributed by atoms with Crippen molar-refractivity contribution in [3.63, 3.8) is 0 Å². The van der Waals surface area contributed by atoms with E-state index < -0.39 is 0 Å². The quantitative estimate of drug-likeness (QED) is 0.886. The zero-order valence-electron chi connectivity index (χ0n) is 11.6. The molecule has 3 nitrogen and oxygen atoms in total. The van der Waals surface area contributed by atoms with E-state index in [1.807, 2.05) is 24.3 Å². The van der Waals surface area contributed by atoms with Crippen molar-refractivity contribution in [1.29, 1.82) is 0 Å². The molecule has 1 aromatic rings. The molecule has 2 saturated heterocycles. The van der Waals surface area contributed by atoms with Crippen LogP contribution in [-0.4, -0.2) is 24.5 Å². The minimum absolute atomic E-state index is 0.0307. The summed E-state index contributed by atoms with van der Waals surface area (Å²) in [4.78, 5) is 12.0. The summed E-state index contributed by atoms with van der Waals surface area (Å²) in [6, 6.07) is 9.01. The number of piperidine rings is 1. The first-order valence-electron chi connectivity index (χ1n) is 7.50. The minimum atomic E-state index is 0.0307. The van der Waals surface area contributed by atoms with Crippen molar-refractivity contribution in [2.45, 2.75) is 44.2 Å². The molecule has 2 atom stereocenters. The van der Waals surface area contributed by atoms with E-state index in [4.69, 9.17) is 0 Å². The van der Waals surface area contributed by atoms with Gasteiger partial charge in [0.15, 0.2) is 0 Å². The van der Waals surface area contributed by atoms with Crippen LogP contribution < -0.4 is 10.6 Å². The van der Waals surface area contributed by atoms with Crippen LogP contribution >= 0.6 is 15.9 Å². The number of hydrogen-bond acceptors (Lipinski definition) is 2. The Morgan fingerprint density at radius 1 is 1.30 bits per heavy atom. The molecule has 3 rings (SSSR count). The largest absolute Gasteiger partial charge is 0.352 e. The van der Waals surface area contributed by atoms with Crippen molar-refractivity contribution in [3.8, 4) is 0 Å². The maximum atomic E-state index is 12.0. The highest BCUT2D eigenvalue weighted by molar-refractivity contribution is 9.10. The Labute approximate surface area is 128 Å². The van der Waals surface area contributed by atoms with Crippen LogP contribution in [0.4, 0.5) is 0 Å². The molecule has 0 aromatic heterocycles. The molecule has 2 aliphatic heterocycles. The zero-order valence-corrected chi connectivity index (χ0v) is 13.2. The molecule has 2 bridgehead atoms. The summed E-state index contributed by atoms with van der Waals surface area (Å²) in [5.74, 6) is 0.805. The van der Waals surface area contributed by atoms with E-state index >= 15 is 0 Å². The van der Waals surface area contributed by atoms with Gasteiger partial charge in [0.05, 0.1) is 0 Å². The Morgan fingerprint density at radius 2 is 2.05 bits per heavy atom. The van der Waals surface area contributed by atoms with Gasteiger partial charge in [-0.3, -0.25) is 4.79 Å². The SMILES string of the molecule is O=C(NCCC1CC2CCC(C1)N2)c1cccc(Br)c1. The zero-order chi connectivity index (χ0) is 13.9. The lowest BCUT2D eigenvalue weighted by Gasteiger charge is -2.29. The van der Waals surface area contributed by atoms with Gasteiger partial charge in [-0.1, -0.05) is 22.0 Å². The average molecular weight is 337 g/mol. The van der Waals surface area contributed by atoms with E-state index in [9.17, 15) is 4.79 Å². The standard InChI is InChI=1S/C16H21BrN2O/c17-13-3-1-2-12(10-13)16(20)18-7-6-11-8-14-4-5-15(9-11)19-14/h1-3,10-11,14-15,19H,4-9H2,(H,18,20). The highest BCUT2D eigenvalue weighted by Gasteiger charge is 2.32. The average Bonchev–Trinajstić information content (AvgIpc) is 2.78. The third-order valence-corrected chi connectivity index (χ3v) is 4.99. The van der Waals surface area contributed by atoms with Crippen LogP contribution in [0.5, 0.6) is 0 Å². The number of amides is 1. The van der Waals surface area contributed by atoms with Gasteiger partial charge in [0, 0.05) is 28.7 Å². The van der Waals surface area contributed by atoms with E-state index in [0.717, 1.165) is 41.0 Å². The first-order valence-corrected chi connectivity index (χ1v) is 8.30. The number of carbonyl (C=O) groups is 1. The van der Waals surface area contributed by atoms with Gasteiger partial charge < -0.3 is 10.6 Å². The predicted molar refractivity (Wildman–Crippen MR) is 83.8 cm³/mol. The second-order valence-corrected chi connectivity index (χ2v) is 6.95. The van der Waals surface area contributed by atoms with Crippen LogP contribution in [0.1, 0.15) is 42.5 Å². The normalized spacial score (nSPS) is 28.4.